The number of hydrogen-bond acceptors (Lipinski definition) is 4. The number of aliphatic carboxylic acids is 1. The van der Waals surface area contributed by atoms with Crippen LogP contribution in [0.5, 0.6) is 5.75 Å². The lowest BCUT2D eigenvalue weighted by atomic mass is 9.86. The molecule has 0 unspecified atom stereocenters. The van der Waals surface area contributed by atoms with Crippen molar-refractivity contribution in [1.82, 2.24) is 0 Å². The molecule has 5 nitrogen and oxygen atoms in total. The molecule has 25 heavy (non-hydrogen) atoms. The van der Waals surface area contributed by atoms with Crippen molar-refractivity contribution < 1.29 is 19.7 Å². The molecule has 0 radical (unpaired) electrons. The smallest absolute Gasteiger partial charge is 0.309 e. The van der Waals surface area contributed by atoms with Gasteiger partial charge in [-0.15, -0.1) is 0 Å². The normalized spacial score (nSPS) is 11.8. The minimum atomic E-state index is -0.786. The van der Waals surface area contributed by atoms with Crippen LogP contribution in [0.2, 0.25) is 0 Å². The van der Waals surface area contributed by atoms with Crippen molar-refractivity contribution in [3.8, 4) is 5.75 Å². The van der Waals surface area contributed by atoms with E-state index >= 15 is 0 Å². The number of carbonyl (C=O) groups is 1. The van der Waals surface area contributed by atoms with E-state index in [-0.39, 0.29) is 0 Å². The Labute approximate surface area is 150 Å². The van der Waals surface area contributed by atoms with Crippen molar-refractivity contribution in [3.05, 3.63) is 53.8 Å². The Bertz CT molecular complexity index is 560. The molecule has 0 amide bonds. The van der Waals surface area contributed by atoms with Crippen molar-refractivity contribution in [2.24, 2.45) is 11.1 Å². The Morgan fingerprint density at radius 1 is 1.20 bits per heavy atom. The van der Waals surface area contributed by atoms with Gasteiger partial charge in [0.05, 0.1) is 12.0 Å². The van der Waals surface area contributed by atoms with Crippen LogP contribution in [0.25, 0.3) is 0 Å². The molecule has 0 aliphatic heterocycles. The second-order valence-electron chi connectivity index (χ2n) is 6.21. The molecule has 1 aromatic carbocycles. The van der Waals surface area contributed by atoms with Gasteiger partial charge in [0, 0.05) is 0 Å². The lowest BCUT2D eigenvalue weighted by molar-refractivity contribution is -0.146. The summed E-state index contributed by atoms with van der Waals surface area (Å²) < 4.78 is 5.48. The quantitative estimate of drug-likeness (QED) is 0.373. The molecule has 0 heterocycles. The molecule has 0 bridgehead atoms. The van der Waals surface area contributed by atoms with Gasteiger partial charge in [0.2, 0.25) is 0 Å². The molecule has 0 saturated carbocycles. The first kappa shape index (κ1) is 22.7. The predicted molar refractivity (Wildman–Crippen MR) is 102 cm³/mol. The first-order valence-corrected chi connectivity index (χ1v) is 8.40. The van der Waals surface area contributed by atoms with Gasteiger partial charge in [-0.3, -0.25) is 4.79 Å². The molecule has 0 saturated heterocycles. The van der Waals surface area contributed by atoms with Crippen LogP contribution >= 0.6 is 0 Å². The summed E-state index contributed by atoms with van der Waals surface area (Å²) in [6.07, 6.45) is 6.40. The Kier molecular flexibility index (Phi) is 11.0. The Hall–Kier alpha value is -2.27. The van der Waals surface area contributed by atoms with E-state index in [4.69, 9.17) is 20.7 Å². The zero-order chi connectivity index (χ0) is 19.3. The van der Waals surface area contributed by atoms with E-state index in [9.17, 15) is 4.79 Å². The maximum absolute atomic E-state index is 11.0. The van der Waals surface area contributed by atoms with Gasteiger partial charge >= 0.3 is 5.97 Å². The first-order chi connectivity index (χ1) is 11.8. The molecule has 0 atom stereocenters. The second kappa shape index (κ2) is 12.1. The number of allylic oxidation sites excluding steroid dienone is 3. The summed E-state index contributed by atoms with van der Waals surface area (Å²) in [5.74, 6) is 0.327. The lowest BCUT2D eigenvalue weighted by Crippen LogP contribution is -2.26. The number of carboxylic acids is 1. The number of aliphatic hydroxyl groups is 1. The summed E-state index contributed by atoms with van der Waals surface area (Å²) in [5, 5.41) is 17.7. The number of aliphatic hydroxyl groups excluding tert-OH is 1. The summed E-state index contributed by atoms with van der Waals surface area (Å²) >= 11 is 0. The van der Waals surface area contributed by atoms with Crippen LogP contribution in [-0.2, 0) is 11.2 Å². The molecule has 0 aliphatic carbocycles. The molecule has 1 rings (SSSR count). The van der Waals surface area contributed by atoms with Crippen LogP contribution in [0.3, 0.4) is 0 Å². The number of nitrogens with two attached hydrogens (primary N) is 1. The summed E-state index contributed by atoms with van der Waals surface area (Å²) in [6.45, 7) is 8.32. The van der Waals surface area contributed by atoms with Crippen LogP contribution < -0.4 is 10.5 Å². The first-order valence-electron chi connectivity index (χ1n) is 8.40. The minimum absolute atomic E-state index is 0.322. The van der Waals surface area contributed by atoms with Gasteiger partial charge < -0.3 is 20.7 Å². The maximum Gasteiger partial charge on any atom is 0.309 e. The standard InChI is InChI=1S/C14H21NO3.C6H10O/c1-14(2,13(16)17)10-11-4-6-12(7-5-11)18-9-3-8-15;1-3-5-6(7)4-2/h4-7H,3,8-10,15H2,1-2H3,(H,16,17);3-5,7H,1-2H3/b;5-3-,6-4+. The molecule has 0 spiro atoms. The molecular formula is C20H31NO4. The van der Waals surface area contributed by atoms with Gasteiger partial charge in [0.15, 0.2) is 0 Å². The van der Waals surface area contributed by atoms with Gasteiger partial charge in [0.25, 0.3) is 0 Å². The molecule has 5 heteroatoms. The summed E-state index contributed by atoms with van der Waals surface area (Å²) in [4.78, 5) is 11.0. The average molecular weight is 349 g/mol. The van der Waals surface area contributed by atoms with E-state index in [1.165, 1.54) is 0 Å². The van der Waals surface area contributed by atoms with Crippen molar-refractivity contribution in [3.63, 3.8) is 0 Å². The highest BCUT2D eigenvalue weighted by atomic mass is 16.5. The molecule has 0 aromatic heterocycles. The van der Waals surface area contributed by atoms with E-state index in [1.807, 2.05) is 31.2 Å². The summed E-state index contributed by atoms with van der Waals surface area (Å²) in [7, 11) is 0. The highest BCUT2D eigenvalue weighted by Gasteiger charge is 2.27. The highest BCUT2D eigenvalue weighted by Crippen LogP contribution is 2.23. The van der Waals surface area contributed by atoms with Crippen LogP contribution in [0.4, 0.5) is 0 Å². The van der Waals surface area contributed by atoms with E-state index in [1.54, 1.807) is 39.0 Å². The zero-order valence-corrected chi connectivity index (χ0v) is 15.7. The van der Waals surface area contributed by atoms with Crippen LogP contribution in [0.1, 0.15) is 39.7 Å². The predicted octanol–water partition coefficient (Wildman–Crippen LogP) is 4.09. The van der Waals surface area contributed by atoms with Gasteiger partial charge in [-0.2, -0.15) is 0 Å². The number of rotatable bonds is 8. The third-order valence-corrected chi connectivity index (χ3v) is 3.40. The van der Waals surface area contributed by atoms with Crippen molar-refractivity contribution in [1.29, 1.82) is 0 Å². The Morgan fingerprint density at radius 2 is 1.80 bits per heavy atom. The minimum Gasteiger partial charge on any atom is -0.508 e. The molecular weight excluding hydrogens is 318 g/mol. The maximum atomic E-state index is 11.0. The third-order valence-electron chi connectivity index (χ3n) is 3.40. The third kappa shape index (κ3) is 10.2. The fraction of sp³-hybridized carbons (Fsp3) is 0.450. The number of hydrogen-bond donors (Lipinski definition) is 3. The molecule has 4 N–H and O–H groups in total. The van der Waals surface area contributed by atoms with E-state index < -0.39 is 11.4 Å². The Balaban J connectivity index is 0.000000697. The van der Waals surface area contributed by atoms with Crippen molar-refractivity contribution >= 4 is 5.97 Å². The van der Waals surface area contributed by atoms with Crippen LogP contribution in [-0.4, -0.2) is 29.3 Å². The Morgan fingerprint density at radius 3 is 2.20 bits per heavy atom. The number of carboxylic acid groups (broad SMARTS) is 1. The molecule has 0 aliphatic rings. The fourth-order valence-electron chi connectivity index (χ4n) is 1.83. The summed E-state index contributed by atoms with van der Waals surface area (Å²) in [6, 6.07) is 7.54. The lowest BCUT2D eigenvalue weighted by Gasteiger charge is -2.19. The van der Waals surface area contributed by atoms with Crippen molar-refractivity contribution in [2.75, 3.05) is 13.2 Å². The van der Waals surface area contributed by atoms with Gasteiger partial charge in [-0.1, -0.05) is 18.2 Å². The van der Waals surface area contributed by atoms with E-state index in [0.717, 1.165) is 17.7 Å². The van der Waals surface area contributed by atoms with Crippen molar-refractivity contribution in [2.45, 2.75) is 40.5 Å². The molecule has 0 fully saturated rings. The highest BCUT2D eigenvalue weighted by molar-refractivity contribution is 5.74. The topological polar surface area (TPSA) is 92.8 Å². The molecule has 140 valence electrons. The second-order valence-corrected chi connectivity index (χ2v) is 6.21. The van der Waals surface area contributed by atoms with Gasteiger partial charge in [-0.25, -0.2) is 0 Å². The van der Waals surface area contributed by atoms with Gasteiger partial charge in [-0.05, 0) is 76.9 Å². The van der Waals surface area contributed by atoms with Crippen LogP contribution in [0, 0.1) is 5.41 Å². The van der Waals surface area contributed by atoms with Gasteiger partial charge in [0.1, 0.15) is 11.5 Å². The number of benzene rings is 1. The monoisotopic (exact) mass is 349 g/mol. The molecule has 1 aromatic rings. The zero-order valence-electron chi connectivity index (χ0n) is 15.7. The van der Waals surface area contributed by atoms with E-state index in [0.29, 0.717) is 25.3 Å². The average Bonchev–Trinajstić information content (AvgIpc) is 2.57. The van der Waals surface area contributed by atoms with E-state index in [2.05, 4.69) is 0 Å². The number of ether oxygens (including phenoxy) is 1. The fourth-order valence-corrected chi connectivity index (χ4v) is 1.83. The van der Waals surface area contributed by atoms with Crippen LogP contribution in [0.15, 0.2) is 48.3 Å². The largest absolute Gasteiger partial charge is 0.508 e. The SMILES string of the molecule is C/C=C\C(O)=C/C.CC(C)(Cc1ccc(OCCCN)cc1)C(=O)O. The summed E-state index contributed by atoms with van der Waals surface area (Å²) in [5.41, 5.74) is 5.62.